The van der Waals surface area contributed by atoms with Crippen LogP contribution in [0, 0.1) is 11.8 Å². The maximum Gasteiger partial charge on any atom is 0.326 e. The number of ether oxygens (including phenoxy) is 1. The molecule has 0 unspecified atom stereocenters. The van der Waals surface area contributed by atoms with Gasteiger partial charge in [0, 0.05) is 49.9 Å². The lowest BCUT2D eigenvalue weighted by Gasteiger charge is -2.27. The van der Waals surface area contributed by atoms with Crippen molar-refractivity contribution < 1.29 is 18.3 Å². The van der Waals surface area contributed by atoms with Crippen molar-refractivity contribution in [3.63, 3.8) is 0 Å². The summed E-state index contributed by atoms with van der Waals surface area (Å²) in [7, 11) is 0. The van der Waals surface area contributed by atoms with Crippen LogP contribution in [0.4, 0.5) is 13.6 Å². The van der Waals surface area contributed by atoms with E-state index >= 15 is 0 Å². The van der Waals surface area contributed by atoms with E-state index in [4.69, 9.17) is 16.3 Å². The molecule has 38 heavy (non-hydrogen) atoms. The van der Waals surface area contributed by atoms with Gasteiger partial charge in [0.15, 0.2) is 0 Å². The number of hydrogen-bond acceptors (Lipinski definition) is 4. The Hall–Kier alpha value is -3.59. The monoisotopic (exact) mass is 534 g/mol. The SMILES string of the molecule is O=C(NCc1ccnc(F)c1)n1c2c(c3cc4c(cc31)COC4)CN(C/C=C/c1ccc(F)c(Cl)c1)CC2. The Labute approximate surface area is 223 Å². The second-order valence-corrected chi connectivity index (χ2v) is 10.0. The summed E-state index contributed by atoms with van der Waals surface area (Å²) in [6.45, 7) is 3.47. The molecule has 2 aromatic carbocycles. The fourth-order valence-electron chi connectivity index (χ4n) is 5.24. The summed E-state index contributed by atoms with van der Waals surface area (Å²) in [6, 6.07) is 11.6. The van der Waals surface area contributed by atoms with Crippen molar-refractivity contribution in [3.8, 4) is 0 Å². The molecule has 0 atom stereocenters. The minimum Gasteiger partial charge on any atom is -0.372 e. The van der Waals surface area contributed by atoms with Crippen LogP contribution in [-0.2, 0) is 37.5 Å². The Bertz CT molecular complexity index is 1580. The van der Waals surface area contributed by atoms with Gasteiger partial charge in [-0.3, -0.25) is 9.47 Å². The second-order valence-electron chi connectivity index (χ2n) is 9.60. The highest BCUT2D eigenvalue weighted by atomic mass is 35.5. The van der Waals surface area contributed by atoms with Crippen molar-refractivity contribution in [1.82, 2.24) is 19.8 Å². The van der Waals surface area contributed by atoms with Crippen molar-refractivity contribution in [2.75, 3.05) is 13.1 Å². The van der Waals surface area contributed by atoms with E-state index < -0.39 is 11.8 Å². The average molecular weight is 535 g/mol. The standard InChI is InChI=1S/C29H25ClF2N4O2/c30-24-10-18(3-4-25(24)31)2-1-8-35-9-6-26-23(15-35)22-12-20-16-38-17-21(20)13-27(22)36(26)29(37)34-14-19-5-7-33-28(32)11-19/h1-5,7,10-13H,6,8-9,14-17H2,(H,34,37)/b2-1+. The molecule has 0 saturated carbocycles. The predicted molar refractivity (Wildman–Crippen MR) is 142 cm³/mol. The van der Waals surface area contributed by atoms with Crippen LogP contribution < -0.4 is 5.32 Å². The quantitative estimate of drug-likeness (QED) is 0.327. The lowest BCUT2D eigenvalue weighted by molar-refractivity contribution is 0.134. The highest BCUT2D eigenvalue weighted by Crippen LogP contribution is 2.35. The van der Waals surface area contributed by atoms with Gasteiger partial charge in [-0.05, 0) is 64.2 Å². The molecule has 0 spiro atoms. The highest BCUT2D eigenvalue weighted by molar-refractivity contribution is 6.30. The van der Waals surface area contributed by atoms with Gasteiger partial charge in [0.1, 0.15) is 5.82 Å². The molecule has 4 heterocycles. The maximum absolute atomic E-state index is 13.5. The number of benzene rings is 2. The van der Waals surface area contributed by atoms with Gasteiger partial charge in [-0.1, -0.05) is 29.8 Å². The zero-order valence-electron chi connectivity index (χ0n) is 20.5. The number of nitrogens with zero attached hydrogens (tertiary/aromatic N) is 3. The molecule has 0 aliphatic carbocycles. The summed E-state index contributed by atoms with van der Waals surface area (Å²) in [4.78, 5) is 19.4. The van der Waals surface area contributed by atoms with Gasteiger partial charge in [0.2, 0.25) is 5.95 Å². The molecule has 4 aromatic rings. The first kappa shape index (κ1) is 24.7. The summed E-state index contributed by atoms with van der Waals surface area (Å²) in [5.74, 6) is -1.01. The van der Waals surface area contributed by atoms with Crippen LogP contribution in [0.15, 0.2) is 54.7 Å². The summed E-state index contributed by atoms with van der Waals surface area (Å²) in [6.07, 6.45) is 6.07. The number of carbonyl (C=O) groups excluding carboxylic acids is 1. The van der Waals surface area contributed by atoms with Crippen LogP contribution in [0.2, 0.25) is 5.02 Å². The molecule has 2 aliphatic rings. The first-order valence-electron chi connectivity index (χ1n) is 12.4. The molecule has 1 N–H and O–H groups in total. The Morgan fingerprint density at radius 2 is 1.97 bits per heavy atom. The number of rotatable bonds is 5. The van der Waals surface area contributed by atoms with Crippen LogP contribution in [-0.4, -0.2) is 33.6 Å². The van der Waals surface area contributed by atoms with Crippen molar-refractivity contribution >= 4 is 34.6 Å². The van der Waals surface area contributed by atoms with E-state index in [2.05, 4.69) is 27.3 Å². The molecular weight excluding hydrogens is 510 g/mol. The summed E-state index contributed by atoms with van der Waals surface area (Å²) < 4.78 is 34.4. The normalized spacial score (nSPS) is 15.2. The van der Waals surface area contributed by atoms with Crippen molar-refractivity contribution in [1.29, 1.82) is 0 Å². The molecule has 0 fully saturated rings. The Morgan fingerprint density at radius 3 is 2.79 bits per heavy atom. The Balaban J connectivity index is 1.27. The van der Waals surface area contributed by atoms with Gasteiger partial charge in [-0.15, -0.1) is 0 Å². The molecule has 6 rings (SSSR count). The number of nitrogens with one attached hydrogen (secondary N) is 1. The van der Waals surface area contributed by atoms with Crippen molar-refractivity contribution in [2.45, 2.75) is 32.7 Å². The molecule has 0 bridgehead atoms. The van der Waals surface area contributed by atoms with E-state index in [0.717, 1.165) is 45.4 Å². The number of halogens is 3. The number of amides is 1. The van der Waals surface area contributed by atoms with Gasteiger partial charge in [-0.2, -0.15) is 4.39 Å². The van der Waals surface area contributed by atoms with Crippen LogP contribution in [0.3, 0.4) is 0 Å². The summed E-state index contributed by atoms with van der Waals surface area (Å²) >= 11 is 5.90. The van der Waals surface area contributed by atoms with E-state index in [0.29, 0.717) is 38.3 Å². The highest BCUT2D eigenvalue weighted by Gasteiger charge is 2.28. The Kier molecular flexibility index (Phi) is 6.69. The number of carbonyl (C=O) groups is 1. The molecule has 2 aromatic heterocycles. The molecule has 0 saturated heterocycles. The van der Waals surface area contributed by atoms with E-state index in [-0.39, 0.29) is 17.6 Å². The van der Waals surface area contributed by atoms with Gasteiger partial charge >= 0.3 is 6.03 Å². The van der Waals surface area contributed by atoms with Crippen molar-refractivity contribution in [2.24, 2.45) is 0 Å². The lowest BCUT2D eigenvalue weighted by Crippen LogP contribution is -2.34. The van der Waals surface area contributed by atoms with Gasteiger partial charge < -0.3 is 10.1 Å². The smallest absolute Gasteiger partial charge is 0.326 e. The molecular formula is C29H25ClF2N4O2. The molecule has 9 heteroatoms. The minimum absolute atomic E-state index is 0.103. The number of fused-ring (bicyclic) bond motifs is 4. The fourth-order valence-corrected chi connectivity index (χ4v) is 5.42. The summed E-state index contributed by atoms with van der Waals surface area (Å²) in [5.41, 5.74) is 6.71. The topological polar surface area (TPSA) is 59.4 Å². The maximum atomic E-state index is 13.5. The molecule has 6 nitrogen and oxygen atoms in total. The molecule has 2 aliphatic heterocycles. The van der Waals surface area contributed by atoms with Crippen LogP contribution >= 0.6 is 11.6 Å². The summed E-state index contributed by atoms with van der Waals surface area (Å²) in [5, 5.41) is 4.10. The number of hydrogen-bond donors (Lipinski definition) is 1. The van der Waals surface area contributed by atoms with E-state index in [1.807, 2.05) is 12.2 Å². The first-order chi connectivity index (χ1) is 18.5. The van der Waals surface area contributed by atoms with Gasteiger partial charge in [0.05, 0.1) is 23.8 Å². The second kappa shape index (κ2) is 10.3. The molecule has 194 valence electrons. The van der Waals surface area contributed by atoms with Gasteiger partial charge in [-0.25, -0.2) is 14.2 Å². The third-order valence-electron chi connectivity index (χ3n) is 7.12. The van der Waals surface area contributed by atoms with Crippen LogP contribution in [0.25, 0.3) is 17.0 Å². The molecule has 0 radical (unpaired) electrons. The van der Waals surface area contributed by atoms with Crippen molar-refractivity contribution in [3.05, 3.63) is 105 Å². The average Bonchev–Trinajstić information content (AvgIpc) is 3.49. The van der Waals surface area contributed by atoms with E-state index in [9.17, 15) is 13.6 Å². The van der Waals surface area contributed by atoms with Crippen LogP contribution in [0.1, 0.15) is 33.5 Å². The number of aromatic nitrogens is 2. The molecule has 1 amide bonds. The zero-order chi connectivity index (χ0) is 26.2. The predicted octanol–water partition coefficient (Wildman–Crippen LogP) is 5.83. The third-order valence-corrected chi connectivity index (χ3v) is 7.41. The number of pyridine rings is 1. The van der Waals surface area contributed by atoms with E-state index in [1.54, 1.807) is 22.8 Å². The zero-order valence-corrected chi connectivity index (χ0v) is 21.3. The Morgan fingerprint density at radius 1 is 1.13 bits per heavy atom. The lowest BCUT2D eigenvalue weighted by atomic mass is 10.0. The fraction of sp³-hybridized carbons (Fsp3) is 0.241. The minimum atomic E-state index is -0.576. The van der Waals surface area contributed by atoms with E-state index in [1.165, 1.54) is 18.3 Å². The van der Waals surface area contributed by atoms with Crippen LogP contribution in [0.5, 0.6) is 0 Å². The largest absolute Gasteiger partial charge is 0.372 e. The van der Waals surface area contributed by atoms with Gasteiger partial charge in [0.25, 0.3) is 0 Å². The third kappa shape index (κ3) is 4.82. The first-order valence-corrected chi connectivity index (χ1v) is 12.8.